The predicted octanol–water partition coefficient (Wildman–Crippen LogP) is 3.12. The molecule has 1 aliphatic rings. The van der Waals surface area contributed by atoms with Crippen LogP contribution in [0.2, 0.25) is 0 Å². The van der Waals surface area contributed by atoms with Gasteiger partial charge in [-0.3, -0.25) is 0 Å². The van der Waals surface area contributed by atoms with Crippen molar-refractivity contribution in [3.63, 3.8) is 0 Å². The van der Waals surface area contributed by atoms with Crippen LogP contribution in [0.15, 0.2) is 11.5 Å². The molecule has 0 heterocycles. The van der Waals surface area contributed by atoms with Crippen molar-refractivity contribution in [2.45, 2.75) is 25.2 Å². The van der Waals surface area contributed by atoms with Crippen LogP contribution in [0.1, 0.15) is 19.3 Å². The van der Waals surface area contributed by atoms with E-state index in [0.717, 1.165) is 0 Å². The van der Waals surface area contributed by atoms with E-state index in [0.29, 0.717) is 6.08 Å². The fourth-order valence-electron chi connectivity index (χ4n) is 1.11. The van der Waals surface area contributed by atoms with Gasteiger partial charge in [0.2, 0.25) is 0 Å². The Morgan fingerprint density at radius 1 is 1.25 bits per heavy atom. The summed E-state index contributed by atoms with van der Waals surface area (Å²) in [7, 11) is 0. The summed E-state index contributed by atoms with van der Waals surface area (Å²) in [5.74, 6) is -2.94. The Morgan fingerprint density at radius 2 is 1.83 bits per heavy atom. The average Bonchev–Trinajstić information content (AvgIpc) is 1.83. The van der Waals surface area contributed by atoms with Crippen molar-refractivity contribution < 1.29 is 21.7 Å². The first-order chi connectivity index (χ1) is 5.31. The minimum atomic E-state index is -5.04. The Bertz CT molecular complexity index is 204. The molecule has 12 heavy (non-hydrogen) atoms. The van der Waals surface area contributed by atoms with Crippen LogP contribution in [-0.4, -0.2) is 12.9 Å². The van der Waals surface area contributed by atoms with E-state index in [1.54, 1.807) is 0 Å². The van der Waals surface area contributed by atoms with Gasteiger partial charge in [-0.15, -0.1) is 11.5 Å². The Balaban J connectivity index is 2.69. The number of hydrogen-bond acceptors (Lipinski definition) is 0. The van der Waals surface area contributed by atoms with Gasteiger partial charge in [-0.1, -0.05) is 6.42 Å². The van der Waals surface area contributed by atoms with Crippen LogP contribution < -0.4 is 0 Å². The van der Waals surface area contributed by atoms with E-state index in [1.807, 2.05) is 0 Å². The molecule has 0 aromatic heterocycles. The molecule has 1 rings (SSSR count). The van der Waals surface area contributed by atoms with E-state index in [4.69, 9.17) is 0 Å². The summed E-state index contributed by atoms with van der Waals surface area (Å²) < 4.78 is 60.5. The third kappa shape index (κ3) is 2.22. The highest BCUT2D eigenvalue weighted by atomic mass is 19.4. The topological polar surface area (TPSA) is 0 Å². The third-order valence-electron chi connectivity index (χ3n) is 1.86. The molecule has 0 saturated heterocycles. The fourth-order valence-corrected chi connectivity index (χ4v) is 1.11. The molecule has 0 spiro atoms. The molecule has 1 aliphatic carbocycles. The molecule has 0 bridgehead atoms. The lowest BCUT2D eigenvalue weighted by atomic mass is 9.73. The summed E-state index contributed by atoms with van der Waals surface area (Å²) >= 11 is 0. The van der Waals surface area contributed by atoms with Crippen molar-refractivity contribution >= 4 is 6.98 Å². The van der Waals surface area contributed by atoms with Gasteiger partial charge >= 0.3 is 6.98 Å². The van der Waals surface area contributed by atoms with Crippen molar-refractivity contribution in [3.05, 3.63) is 11.5 Å². The summed E-state index contributed by atoms with van der Waals surface area (Å²) in [4.78, 5) is 0. The summed E-state index contributed by atoms with van der Waals surface area (Å²) in [6.07, 6.45) is -1.39. The number of hydrogen-bond donors (Lipinski definition) is 0. The summed E-state index contributed by atoms with van der Waals surface area (Å²) in [6, 6.07) is 0. The van der Waals surface area contributed by atoms with Crippen molar-refractivity contribution in [1.29, 1.82) is 0 Å². The zero-order valence-corrected chi connectivity index (χ0v) is 6.17. The standard InChI is InChI=1S/C6H7BF5/c8-6(9)3-1-5(2-4-6)7(10,11)12/h1H,2-4H2/q-1. The third-order valence-corrected chi connectivity index (χ3v) is 1.86. The molecule has 0 aliphatic heterocycles. The molecule has 0 aromatic rings. The minimum Gasteiger partial charge on any atom is -0.445 e. The number of alkyl halides is 2. The number of rotatable bonds is 1. The van der Waals surface area contributed by atoms with Gasteiger partial charge in [0.1, 0.15) is 0 Å². The zero-order chi connectivity index (χ0) is 9.41. The van der Waals surface area contributed by atoms with E-state index in [-0.39, 0.29) is 0 Å². The zero-order valence-electron chi connectivity index (χ0n) is 6.17. The van der Waals surface area contributed by atoms with E-state index in [2.05, 4.69) is 0 Å². The average molecular weight is 185 g/mol. The summed E-state index contributed by atoms with van der Waals surface area (Å²) in [5.41, 5.74) is -0.763. The van der Waals surface area contributed by atoms with Gasteiger partial charge in [0, 0.05) is 12.8 Å². The van der Waals surface area contributed by atoms with Crippen molar-refractivity contribution in [1.82, 2.24) is 0 Å². The highest BCUT2D eigenvalue weighted by Crippen LogP contribution is 2.36. The molecule has 0 N–H and O–H groups in total. The number of allylic oxidation sites excluding steroid dienone is 2. The highest BCUT2D eigenvalue weighted by molar-refractivity contribution is 6.66. The maximum atomic E-state index is 12.4. The normalized spacial score (nSPS) is 23.6. The van der Waals surface area contributed by atoms with Crippen molar-refractivity contribution in [2.24, 2.45) is 0 Å². The molecule has 0 amide bonds. The molecule has 0 radical (unpaired) electrons. The lowest BCUT2D eigenvalue weighted by molar-refractivity contribution is -0.00821. The molecule has 6 heteroatoms. The quantitative estimate of drug-likeness (QED) is 0.434. The largest absolute Gasteiger partial charge is 0.505 e. The first-order valence-electron chi connectivity index (χ1n) is 3.58. The SMILES string of the molecule is F[B-](F)(F)C1=CCC(F)(F)CC1. The van der Waals surface area contributed by atoms with E-state index >= 15 is 0 Å². The fraction of sp³-hybridized carbons (Fsp3) is 0.667. The van der Waals surface area contributed by atoms with Gasteiger partial charge in [-0.25, -0.2) is 8.78 Å². The van der Waals surface area contributed by atoms with Crippen LogP contribution in [0.4, 0.5) is 21.7 Å². The second kappa shape index (κ2) is 2.74. The molecule has 0 atom stereocenters. The number of halogens is 5. The van der Waals surface area contributed by atoms with Crippen molar-refractivity contribution in [3.8, 4) is 0 Å². The second-order valence-corrected chi connectivity index (χ2v) is 2.91. The molecular weight excluding hydrogens is 178 g/mol. The maximum absolute atomic E-state index is 12.4. The molecular formula is C6H7BF5-. The second-order valence-electron chi connectivity index (χ2n) is 2.91. The van der Waals surface area contributed by atoms with Gasteiger partial charge < -0.3 is 12.9 Å². The maximum Gasteiger partial charge on any atom is 0.505 e. The predicted molar refractivity (Wildman–Crippen MR) is 36.0 cm³/mol. The van der Waals surface area contributed by atoms with Gasteiger partial charge in [-0.05, 0) is 0 Å². The van der Waals surface area contributed by atoms with Gasteiger partial charge in [0.05, 0.1) is 0 Å². The van der Waals surface area contributed by atoms with Crippen LogP contribution in [0.3, 0.4) is 0 Å². The monoisotopic (exact) mass is 185 g/mol. The Labute approximate surface area is 66.5 Å². The van der Waals surface area contributed by atoms with Crippen LogP contribution in [0.25, 0.3) is 0 Å². The molecule has 0 saturated carbocycles. The molecule has 0 nitrogen and oxygen atoms in total. The van der Waals surface area contributed by atoms with Crippen LogP contribution >= 0.6 is 0 Å². The molecule has 0 fully saturated rings. The first-order valence-corrected chi connectivity index (χ1v) is 3.58. The highest BCUT2D eigenvalue weighted by Gasteiger charge is 2.36. The van der Waals surface area contributed by atoms with Crippen LogP contribution in [-0.2, 0) is 0 Å². The lowest BCUT2D eigenvalue weighted by Crippen LogP contribution is -2.27. The summed E-state index contributed by atoms with van der Waals surface area (Å²) in [5, 5.41) is 0. The van der Waals surface area contributed by atoms with Crippen LogP contribution in [0, 0.1) is 0 Å². The first kappa shape index (κ1) is 9.54. The van der Waals surface area contributed by atoms with Gasteiger partial charge in [-0.2, -0.15) is 0 Å². The van der Waals surface area contributed by atoms with E-state index < -0.39 is 37.6 Å². The summed E-state index contributed by atoms with van der Waals surface area (Å²) in [6.45, 7) is -5.04. The Hall–Kier alpha value is -0.545. The molecule has 0 unspecified atom stereocenters. The lowest BCUT2D eigenvalue weighted by Gasteiger charge is -2.27. The Morgan fingerprint density at radius 3 is 2.17 bits per heavy atom. The molecule has 0 aromatic carbocycles. The van der Waals surface area contributed by atoms with Gasteiger partial charge in [0.15, 0.2) is 0 Å². The van der Waals surface area contributed by atoms with E-state index in [1.165, 1.54) is 0 Å². The van der Waals surface area contributed by atoms with Gasteiger partial charge in [0.25, 0.3) is 5.92 Å². The molecule has 70 valence electrons. The van der Waals surface area contributed by atoms with Crippen LogP contribution in [0.5, 0.6) is 0 Å². The van der Waals surface area contributed by atoms with Crippen molar-refractivity contribution in [2.75, 3.05) is 0 Å². The van der Waals surface area contributed by atoms with E-state index in [9.17, 15) is 21.7 Å². The Kier molecular flexibility index (Phi) is 2.18. The smallest absolute Gasteiger partial charge is 0.445 e. The minimum absolute atomic E-state index is 0.545.